The Hall–Kier alpha value is -1.81. The molecule has 3 nitrogen and oxygen atoms in total. The molecule has 0 saturated carbocycles. The zero-order chi connectivity index (χ0) is 15.0. The summed E-state index contributed by atoms with van der Waals surface area (Å²) in [7, 11) is 2.08. The molecule has 2 aromatic heterocycles. The summed E-state index contributed by atoms with van der Waals surface area (Å²) in [5.74, 6) is 0.991. The average molecular weight is 344 g/mol. The first-order chi connectivity index (χ1) is 10.1. The molecule has 4 heteroatoms. The predicted octanol–water partition coefficient (Wildman–Crippen LogP) is 4.61. The van der Waals surface area contributed by atoms with Gasteiger partial charge in [0.1, 0.15) is 5.65 Å². The average Bonchev–Trinajstić information content (AvgIpc) is 2.85. The van der Waals surface area contributed by atoms with Crippen molar-refractivity contribution in [2.75, 3.05) is 11.9 Å². The van der Waals surface area contributed by atoms with Crippen LogP contribution in [-0.4, -0.2) is 16.4 Å². The fraction of sp³-hybridized carbons (Fsp3) is 0.235. The molecule has 0 atom stereocenters. The van der Waals surface area contributed by atoms with Crippen LogP contribution in [0.3, 0.4) is 0 Å². The Labute approximate surface area is 133 Å². The van der Waals surface area contributed by atoms with E-state index in [2.05, 4.69) is 70.5 Å². The maximum atomic E-state index is 4.78. The van der Waals surface area contributed by atoms with Gasteiger partial charge in [0, 0.05) is 24.3 Å². The molecule has 0 bridgehead atoms. The second-order valence-corrected chi connectivity index (χ2v) is 5.85. The van der Waals surface area contributed by atoms with Gasteiger partial charge in [-0.1, -0.05) is 39.7 Å². The van der Waals surface area contributed by atoms with Gasteiger partial charge >= 0.3 is 0 Å². The number of imidazole rings is 1. The van der Waals surface area contributed by atoms with Gasteiger partial charge in [0.25, 0.3) is 0 Å². The summed E-state index contributed by atoms with van der Waals surface area (Å²) in [4.78, 5) is 6.95. The van der Waals surface area contributed by atoms with E-state index in [0.717, 1.165) is 22.5 Å². The van der Waals surface area contributed by atoms with Crippen molar-refractivity contribution in [2.45, 2.75) is 19.2 Å². The van der Waals surface area contributed by atoms with Crippen molar-refractivity contribution in [3.8, 4) is 0 Å². The Morgan fingerprint density at radius 3 is 2.71 bits per heavy atom. The maximum absolute atomic E-state index is 4.78. The Bertz CT molecular complexity index is 792. The first-order valence-electron chi connectivity index (χ1n) is 6.94. The van der Waals surface area contributed by atoms with Crippen LogP contribution < -0.4 is 4.90 Å². The molecule has 0 N–H and O–H groups in total. The third kappa shape index (κ3) is 2.44. The van der Waals surface area contributed by atoms with Crippen LogP contribution in [0.25, 0.3) is 5.65 Å². The number of hydrogen-bond donors (Lipinski definition) is 0. The molecule has 21 heavy (non-hydrogen) atoms. The molecule has 0 radical (unpaired) electrons. The molecule has 0 amide bonds. The van der Waals surface area contributed by atoms with Gasteiger partial charge in [0.15, 0.2) is 5.82 Å². The van der Waals surface area contributed by atoms with Crippen molar-refractivity contribution in [1.29, 1.82) is 0 Å². The highest BCUT2D eigenvalue weighted by Gasteiger charge is 2.17. The van der Waals surface area contributed by atoms with Crippen LogP contribution in [0, 0.1) is 13.8 Å². The number of pyridine rings is 1. The highest BCUT2D eigenvalue weighted by Crippen LogP contribution is 2.31. The minimum absolute atomic E-state index is 0.767. The molecule has 0 spiro atoms. The van der Waals surface area contributed by atoms with Crippen molar-refractivity contribution in [1.82, 2.24) is 9.38 Å². The first-order valence-corrected chi connectivity index (χ1v) is 8.07. The number of anilines is 2. The molecule has 0 unspecified atom stereocenters. The third-order valence-corrected chi connectivity index (χ3v) is 4.30. The van der Waals surface area contributed by atoms with Crippen LogP contribution in [0.5, 0.6) is 0 Å². The summed E-state index contributed by atoms with van der Waals surface area (Å²) in [6.45, 7) is 4.26. The minimum Gasteiger partial charge on any atom is -0.328 e. The standard InChI is InChI=1S/C17H18BrN3/c1-12-7-8-14(13(2)10-12)20(3)17-15(11-18)21-9-5-4-6-16(21)19-17/h4-10H,11H2,1-3H3. The molecule has 0 aliphatic rings. The SMILES string of the molecule is Cc1ccc(N(C)c2nc3ccccn3c2CBr)c(C)c1. The number of fused-ring (bicyclic) bond motifs is 1. The van der Waals surface area contributed by atoms with Gasteiger partial charge in [-0.3, -0.25) is 0 Å². The number of halogens is 1. The number of aromatic nitrogens is 2. The summed E-state index contributed by atoms with van der Waals surface area (Å²) in [5.41, 5.74) is 5.85. The van der Waals surface area contributed by atoms with Crippen LogP contribution in [0.15, 0.2) is 42.6 Å². The molecule has 0 aliphatic heterocycles. The molecule has 0 aliphatic carbocycles. The Morgan fingerprint density at radius 2 is 2.00 bits per heavy atom. The first kappa shape index (κ1) is 14.1. The van der Waals surface area contributed by atoms with Crippen molar-refractivity contribution in [2.24, 2.45) is 0 Å². The fourth-order valence-electron chi connectivity index (χ4n) is 2.72. The highest BCUT2D eigenvalue weighted by atomic mass is 79.9. The lowest BCUT2D eigenvalue weighted by Crippen LogP contribution is -2.13. The van der Waals surface area contributed by atoms with Gasteiger partial charge < -0.3 is 9.30 Å². The van der Waals surface area contributed by atoms with Crippen molar-refractivity contribution >= 4 is 33.1 Å². The largest absolute Gasteiger partial charge is 0.328 e. The molecule has 3 aromatic rings. The van der Waals surface area contributed by atoms with E-state index in [1.807, 2.05) is 18.2 Å². The number of hydrogen-bond acceptors (Lipinski definition) is 2. The zero-order valence-electron chi connectivity index (χ0n) is 12.5. The molecular formula is C17H18BrN3. The number of aryl methyl sites for hydroxylation is 2. The molecular weight excluding hydrogens is 326 g/mol. The van der Waals surface area contributed by atoms with E-state index >= 15 is 0 Å². The second-order valence-electron chi connectivity index (χ2n) is 5.29. The Morgan fingerprint density at radius 1 is 1.19 bits per heavy atom. The summed E-state index contributed by atoms with van der Waals surface area (Å²) in [6, 6.07) is 12.6. The summed E-state index contributed by atoms with van der Waals surface area (Å²) >= 11 is 3.59. The number of alkyl halides is 1. The van der Waals surface area contributed by atoms with Gasteiger partial charge in [0.2, 0.25) is 0 Å². The minimum atomic E-state index is 0.767. The molecule has 0 saturated heterocycles. The van der Waals surface area contributed by atoms with Gasteiger partial charge in [0.05, 0.1) is 5.69 Å². The molecule has 108 valence electrons. The predicted molar refractivity (Wildman–Crippen MR) is 91.8 cm³/mol. The van der Waals surface area contributed by atoms with Gasteiger partial charge in [-0.05, 0) is 37.6 Å². The molecule has 2 heterocycles. The van der Waals surface area contributed by atoms with Crippen LogP contribution in [0.2, 0.25) is 0 Å². The summed E-state index contributed by atoms with van der Waals surface area (Å²) in [6.07, 6.45) is 2.05. The Kier molecular flexibility index (Phi) is 3.72. The van der Waals surface area contributed by atoms with Crippen LogP contribution in [0.4, 0.5) is 11.5 Å². The molecule has 0 fully saturated rings. The second kappa shape index (κ2) is 5.53. The summed E-state index contributed by atoms with van der Waals surface area (Å²) in [5, 5.41) is 0.767. The van der Waals surface area contributed by atoms with Crippen molar-refractivity contribution < 1.29 is 0 Å². The van der Waals surface area contributed by atoms with Gasteiger partial charge in [-0.15, -0.1) is 0 Å². The van der Waals surface area contributed by atoms with E-state index in [1.165, 1.54) is 16.8 Å². The lowest BCUT2D eigenvalue weighted by Gasteiger charge is -2.20. The van der Waals surface area contributed by atoms with E-state index in [4.69, 9.17) is 4.98 Å². The monoisotopic (exact) mass is 343 g/mol. The van der Waals surface area contributed by atoms with Crippen molar-refractivity contribution in [3.05, 3.63) is 59.4 Å². The Balaban J connectivity index is 2.15. The number of nitrogens with zero attached hydrogens (tertiary/aromatic N) is 3. The fourth-order valence-corrected chi connectivity index (χ4v) is 3.24. The van der Waals surface area contributed by atoms with E-state index < -0.39 is 0 Å². The highest BCUT2D eigenvalue weighted by molar-refractivity contribution is 9.08. The van der Waals surface area contributed by atoms with Gasteiger partial charge in [-0.25, -0.2) is 4.98 Å². The molecule has 1 aromatic carbocycles. The maximum Gasteiger partial charge on any atom is 0.156 e. The van der Waals surface area contributed by atoms with Crippen LogP contribution in [-0.2, 0) is 5.33 Å². The van der Waals surface area contributed by atoms with Crippen LogP contribution >= 0.6 is 15.9 Å². The van der Waals surface area contributed by atoms with E-state index in [-0.39, 0.29) is 0 Å². The quantitative estimate of drug-likeness (QED) is 0.647. The van der Waals surface area contributed by atoms with Crippen LogP contribution in [0.1, 0.15) is 16.8 Å². The lowest BCUT2D eigenvalue weighted by molar-refractivity contribution is 1.07. The molecule has 3 rings (SSSR count). The summed E-state index contributed by atoms with van der Waals surface area (Å²) < 4.78 is 2.13. The van der Waals surface area contributed by atoms with Crippen molar-refractivity contribution in [3.63, 3.8) is 0 Å². The number of benzene rings is 1. The normalized spacial score (nSPS) is 11.0. The number of rotatable bonds is 3. The van der Waals surface area contributed by atoms with E-state index in [9.17, 15) is 0 Å². The van der Waals surface area contributed by atoms with Gasteiger partial charge in [-0.2, -0.15) is 0 Å². The zero-order valence-corrected chi connectivity index (χ0v) is 14.1. The van der Waals surface area contributed by atoms with E-state index in [0.29, 0.717) is 0 Å². The lowest BCUT2D eigenvalue weighted by atomic mass is 10.1. The third-order valence-electron chi connectivity index (χ3n) is 3.77. The smallest absolute Gasteiger partial charge is 0.156 e. The topological polar surface area (TPSA) is 20.5 Å². The van der Waals surface area contributed by atoms with E-state index in [1.54, 1.807) is 0 Å².